The maximum atomic E-state index is 12.3. The van der Waals surface area contributed by atoms with E-state index >= 15 is 0 Å². The third-order valence-corrected chi connectivity index (χ3v) is 4.07. The summed E-state index contributed by atoms with van der Waals surface area (Å²) in [5, 5.41) is 9.72. The highest BCUT2D eigenvalue weighted by atomic mass is 16.5. The average Bonchev–Trinajstić information content (AvgIpc) is 3.27. The lowest BCUT2D eigenvalue weighted by atomic mass is 10.2. The van der Waals surface area contributed by atoms with Crippen molar-refractivity contribution in [1.82, 2.24) is 20.1 Å². The van der Waals surface area contributed by atoms with E-state index in [4.69, 9.17) is 4.74 Å². The van der Waals surface area contributed by atoms with E-state index in [0.717, 1.165) is 0 Å². The molecule has 0 aliphatic rings. The fraction of sp³-hybridized carbons (Fsp3) is 0.238. The van der Waals surface area contributed by atoms with Gasteiger partial charge in [-0.3, -0.25) is 9.59 Å². The predicted octanol–water partition coefficient (Wildman–Crippen LogP) is 2.81. The number of pyridine rings is 1. The van der Waals surface area contributed by atoms with Crippen LogP contribution >= 0.6 is 0 Å². The van der Waals surface area contributed by atoms with Crippen LogP contribution in [0.1, 0.15) is 30.1 Å². The molecular formula is C21H23N5O3. The van der Waals surface area contributed by atoms with Crippen LogP contribution in [0, 0.1) is 0 Å². The molecule has 2 aromatic heterocycles. The summed E-state index contributed by atoms with van der Waals surface area (Å²) < 4.78 is 7.10. The SMILES string of the molecule is CCOc1ccccc1C(=O)NCCCC(=O)Nc1ccc(-n2cccn2)nc1. The quantitative estimate of drug-likeness (QED) is 0.545. The third kappa shape index (κ3) is 5.65. The number of hydrogen-bond acceptors (Lipinski definition) is 5. The van der Waals surface area contributed by atoms with Crippen LogP contribution in [-0.4, -0.2) is 39.7 Å². The second-order valence-electron chi connectivity index (χ2n) is 6.19. The van der Waals surface area contributed by atoms with E-state index < -0.39 is 0 Å². The Balaban J connectivity index is 1.41. The number of hydrogen-bond donors (Lipinski definition) is 2. The van der Waals surface area contributed by atoms with Gasteiger partial charge in [-0.1, -0.05) is 12.1 Å². The number of aromatic nitrogens is 3. The monoisotopic (exact) mass is 393 g/mol. The number of benzene rings is 1. The molecule has 150 valence electrons. The van der Waals surface area contributed by atoms with Crippen molar-refractivity contribution in [2.45, 2.75) is 19.8 Å². The molecule has 3 aromatic rings. The Hall–Kier alpha value is -3.68. The fourth-order valence-electron chi connectivity index (χ4n) is 2.71. The Kier molecular flexibility index (Phi) is 6.94. The van der Waals surface area contributed by atoms with Crippen LogP contribution in [0.25, 0.3) is 5.82 Å². The Morgan fingerprint density at radius 3 is 2.72 bits per heavy atom. The zero-order valence-electron chi connectivity index (χ0n) is 16.2. The van der Waals surface area contributed by atoms with Crippen molar-refractivity contribution in [2.24, 2.45) is 0 Å². The van der Waals surface area contributed by atoms with E-state index in [2.05, 4.69) is 20.7 Å². The van der Waals surface area contributed by atoms with Gasteiger partial charge in [-0.25, -0.2) is 9.67 Å². The molecular weight excluding hydrogens is 370 g/mol. The van der Waals surface area contributed by atoms with E-state index in [-0.39, 0.29) is 18.2 Å². The molecule has 0 fully saturated rings. The molecule has 2 heterocycles. The van der Waals surface area contributed by atoms with Crippen molar-refractivity contribution >= 4 is 17.5 Å². The van der Waals surface area contributed by atoms with E-state index in [1.807, 2.05) is 19.1 Å². The normalized spacial score (nSPS) is 10.4. The van der Waals surface area contributed by atoms with Gasteiger partial charge in [-0.2, -0.15) is 5.10 Å². The highest BCUT2D eigenvalue weighted by Crippen LogP contribution is 2.17. The molecule has 29 heavy (non-hydrogen) atoms. The third-order valence-electron chi connectivity index (χ3n) is 4.07. The number of rotatable bonds is 9. The van der Waals surface area contributed by atoms with E-state index in [0.29, 0.717) is 42.4 Å². The Bertz CT molecular complexity index is 939. The number of carbonyl (C=O) groups is 2. The molecule has 0 bridgehead atoms. The molecule has 0 aliphatic heterocycles. The number of carbonyl (C=O) groups excluding carboxylic acids is 2. The number of anilines is 1. The van der Waals surface area contributed by atoms with Gasteiger partial charge in [0.25, 0.3) is 5.91 Å². The Morgan fingerprint density at radius 2 is 2.00 bits per heavy atom. The molecule has 3 rings (SSSR count). The van der Waals surface area contributed by atoms with Crippen LogP contribution < -0.4 is 15.4 Å². The van der Waals surface area contributed by atoms with Crippen LogP contribution in [0.5, 0.6) is 5.75 Å². The lowest BCUT2D eigenvalue weighted by Gasteiger charge is -2.10. The lowest BCUT2D eigenvalue weighted by molar-refractivity contribution is -0.116. The summed E-state index contributed by atoms with van der Waals surface area (Å²) in [4.78, 5) is 28.7. The van der Waals surface area contributed by atoms with Gasteiger partial charge in [0, 0.05) is 25.4 Å². The maximum absolute atomic E-state index is 12.3. The van der Waals surface area contributed by atoms with Gasteiger partial charge in [0.1, 0.15) is 5.75 Å². The molecule has 0 radical (unpaired) electrons. The van der Waals surface area contributed by atoms with Crippen molar-refractivity contribution in [3.8, 4) is 11.6 Å². The molecule has 0 aliphatic carbocycles. The van der Waals surface area contributed by atoms with Gasteiger partial charge in [0.2, 0.25) is 5.91 Å². The summed E-state index contributed by atoms with van der Waals surface area (Å²) in [5.74, 6) is 0.870. The molecule has 8 heteroatoms. The zero-order valence-corrected chi connectivity index (χ0v) is 16.2. The maximum Gasteiger partial charge on any atom is 0.255 e. The minimum atomic E-state index is -0.215. The van der Waals surface area contributed by atoms with Crippen LogP contribution in [0.2, 0.25) is 0 Å². The van der Waals surface area contributed by atoms with E-state index in [1.165, 1.54) is 0 Å². The van der Waals surface area contributed by atoms with E-state index in [9.17, 15) is 9.59 Å². The van der Waals surface area contributed by atoms with Crippen LogP contribution in [0.3, 0.4) is 0 Å². The molecule has 2 N–H and O–H groups in total. The molecule has 1 aromatic carbocycles. The van der Waals surface area contributed by atoms with Gasteiger partial charge < -0.3 is 15.4 Å². The molecule has 0 saturated heterocycles. The second kappa shape index (κ2) is 10.0. The van der Waals surface area contributed by atoms with Crippen molar-refractivity contribution < 1.29 is 14.3 Å². The van der Waals surface area contributed by atoms with Crippen LogP contribution in [-0.2, 0) is 4.79 Å². The van der Waals surface area contributed by atoms with Crippen LogP contribution in [0.15, 0.2) is 61.1 Å². The fourth-order valence-corrected chi connectivity index (χ4v) is 2.71. The minimum Gasteiger partial charge on any atom is -0.493 e. The highest BCUT2D eigenvalue weighted by molar-refractivity contribution is 5.97. The first-order valence-corrected chi connectivity index (χ1v) is 9.43. The van der Waals surface area contributed by atoms with Gasteiger partial charge in [0.05, 0.1) is 24.1 Å². The number of para-hydroxylation sites is 1. The Morgan fingerprint density at radius 1 is 1.14 bits per heavy atom. The number of nitrogens with one attached hydrogen (secondary N) is 2. The smallest absolute Gasteiger partial charge is 0.255 e. The standard InChI is InChI=1S/C21H23N5O3/c1-2-29-18-8-4-3-7-17(18)21(28)22-12-5-9-20(27)25-16-10-11-19(23-15-16)26-14-6-13-24-26/h3-4,6-8,10-11,13-15H,2,5,9,12H2,1H3,(H,22,28)(H,25,27). The van der Waals surface area contributed by atoms with Crippen molar-refractivity contribution in [2.75, 3.05) is 18.5 Å². The topological polar surface area (TPSA) is 98.1 Å². The van der Waals surface area contributed by atoms with Gasteiger partial charge >= 0.3 is 0 Å². The molecule has 0 saturated carbocycles. The highest BCUT2D eigenvalue weighted by Gasteiger charge is 2.11. The van der Waals surface area contributed by atoms with Crippen LogP contribution in [0.4, 0.5) is 5.69 Å². The molecule has 0 atom stereocenters. The molecule has 0 unspecified atom stereocenters. The minimum absolute atomic E-state index is 0.136. The summed E-state index contributed by atoms with van der Waals surface area (Å²) in [6.07, 6.45) is 5.86. The Labute approximate surface area is 168 Å². The first-order valence-electron chi connectivity index (χ1n) is 9.43. The number of nitrogens with zero attached hydrogens (tertiary/aromatic N) is 3. The summed E-state index contributed by atoms with van der Waals surface area (Å²) in [6, 6.07) is 12.4. The molecule has 8 nitrogen and oxygen atoms in total. The summed E-state index contributed by atoms with van der Waals surface area (Å²) >= 11 is 0. The van der Waals surface area contributed by atoms with Gasteiger partial charge in [-0.15, -0.1) is 0 Å². The van der Waals surface area contributed by atoms with E-state index in [1.54, 1.807) is 53.6 Å². The zero-order chi connectivity index (χ0) is 20.5. The summed E-state index contributed by atoms with van der Waals surface area (Å²) in [6.45, 7) is 2.75. The average molecular weight is 393 g/mol. The molecule has 0 spiro atoms. The largest absolute Gasteiger partial charge is 0.493 e. The predicted molar refractivity (Wildman–Crippen MR) is 109 cm³/mol. The van der Waals surface area contributed by atoms with Gasteiger partial charge in [-0.05, 0) is 43.7 Å². The molecule has 2 amide bonds. The van der Waals surface area contributed by atoms with Crippen molar-refractivity contribution in [3.05, 3.63) is 66.6 Å². The lowest BCUT2D eigenvalue weighted by Crippen LogP contribution is -2.26. The summed E-state index contributed by atoms with van der Waals surface area (Å²) in [7, 11) is 0. The van der Waals surface area contributed by atoms with Crippen molar-refractivity contribution in [1.29, 1.82) is 0 Å². The van der Waals surface area contributed by atoms with Gasteiger partial charge in [0.15, 0.2) is 5.82 Å². The first kappa shape index (κ1) is 20.1. The second-order valence-corrected chi connectivity index (χ2v) is 6.19. The first-order chi connectivity index (χ1) is 14.2. The number of amides is 2. The van der Waals surface area contributed by atoms with Crippen molar-refractivity contribution in [3.63, 3.8) is 0 Å². The number of ether oxygens (including phenoxy) is 1. The summed E-state index contributed by atoms with van der Waals surface area (Å²) in [5.41, 5.74) is 1.10.